The highest BCUT2D eigenvalue weighted by Crippen LogP contribution is 2.23. The predicted molar refractivity (Wildman–Crippen MR) is 108 cm³/mol. The van der Waals surface area contributed by atoms with Crippen molar-refractivity contribution in [3.63, 3.8) is 0 Å². The third-order valence-corrected chi connectivity index (χ3v) is 5.41. The van der Waals surface area contributed by atoms with Crippen LogP contribution in [-0.4, -0.2) is 37.1 Å². The predicted octanol–water partition coefficient (Wildman–Crippen LogP) is 4.33. The minimum absolute atomic E-state index is 0.168. The molecule has 2 aromatic rings. The van der Waals surface area contributed by atoms with Crippen molar-refractivity contribution < 1.29 is 4.79 Å². The van der Waals surface area contributed by atoms with E-state index in [-0.39, 0.29) is 6.03 Å². The molecule has 3 rings (SSSR count). The highest BCUT2D eigenvalue weighted by atomic mass is 35.5. The van der Waals surface area contributed by atoms with Crippen LogP contribution >= 0.6 is 11.6 Å². The molecule has 0 spiro atoms. The third kappa shape index (κ3) is 5.23. The molecular formula is C21H26ClN3O. The highest BCUT2D eigenvalue weighted by Gasteiger charge is 2.22. The molecule has 1 fully saturated rings. The second-order valence-corrected chi connectivity index (χ2v) is 7.35. The summed E-state index contributed by atoms with van der Waals surface area (Å²) in [5.74, 6) is 0.511. The fourth-order valence-electron chi connectivity index (χ4n) is 3.36. The van der Waals surface area contributed by atoms with Crippen molar-refractivity contribution in [1.82, 2.24) is 10.2 Å². The Balaban J connectivity index is 1.39. The van der Waals surface area contributed by atoms with Crippen LogP contribution in [0.5, 0.6) is 0 Å². The molecule has 2 N–H and O–H groups in total. The van der Waals surface area contributed by atoms with E-state index in [1.165, 1.54) is 5.56 Å². The van der Waals surface area contributed by atoms with Crippen LogP contribution in [-0.2, 0) is 6.42 Å². The topological polar surface area (TPSA) is 44.4 Å². The van der Waals surface area contributed by atoms with Gasteiger partial charge < -0.3 is 15.5 Å². The largest absolute Gasteiger partial charge is 0.338 e. The first-order valence-corrected chi connectivity index (χ1v) is 9.56. The minimum Gasteiger partial charge on any atom is -0.338 e. The van der Waals surface area contributed by atoms with Crippen molar-refractivity contribution in [3.05, 3.63) is 64.7 Å². The maximum absolute atomic E-state index is 12.1. The summed E-state index contributed by atoms with van der Waals surface area (Å²) >= 11 is 6.09. The van der Waals surface area contributed by atoms with E-state index in [1.807, 2.05) is 25.1 Å². The maximum atomic E-state index is 12.1. The van der Waals surface area contributed by atoms with Crippen molar-refractivity contribution in [3.8, 4) is 0 Å². The van der Waals surface area contributed by atoms with E-state index >= 15 is 0 Å². The molecule has 138 valence electrons. The van der Waals surface area contributed by atoms with Crippen molar-refractivity contribution in [2.45, 2.75) is 19.8 Å². The number of nitrogens with zero attached hydrogens (tertiary/aromatic N) is 1. The van der Waals surface area contributed by atoms with Crippen LogP contribution < -0.4 is 10.6 Å². The molecule has 0 bridgehead atoms. The number of nitrogens with one attached hydrogen (secondary N) is 2. The van der Waals surface area contributed by atoms with Crippen LogP contribution in [0.1, 0.15) is 17.5 Å². The third-order valence-electron chi connectivity index (χ3n) is 5.00. The SMILES string of the molecule is Cc1c(Cl)cccc1NC(=O)NC[C@H]1CCN(CCc2ccccc2)C1. The fraction of sp³-hybridized carbons (Fsp3) is 0.381. The van der Waals surface area contributed by atoms with Gasteiger partial charge in [0, 0.05) is 30.3 Å². The molecule has 1 aliphatic rings. The molecule has 0 aliphatic carbocycles. The first-order valence-electron chi connectivity index (χ1n) is 9.18. The number of hydrogen-bond donors (Lipinski definition) is 2. The zero-order chi connectivity index (χ0) is 18.4. The summed E-state index contributed by atoms with van der Waals surface area (Å²) in [5.41, 5.74) is 3.02. The summed E-state index contributed by atoms with van der Waals surface area (Å²) in [6.07, 6.45) is 2.21. The standard InChI is InChI=1S/C21H26ClN3O/c1-16-19(22)8-5-9-20(16)24-21(26)23-14-18-11-13-25(15-18)12-10-17-6-3-2-4-7-17/h2-9,18H,10-15H2,1H3,(H2,23,24,26)/t18-/m1/s1. The lowest BCUT2D eigenvalue weighted by atomic mass is 10.1. The van der Waals surface area contributed by atoms with E-state index in [0.717, 1.165) is 43.7 Å². The molecule has 0 radical (unpaired) electrons. The van der Waals surface area contributed by atoms with E-state index in [2.05, 4.69) is 45.9 Å². The zero-order valence-electron chi connectivity index (χ0n) is 15.2. The lowest BCUT2D eigenvalue weighted by molar-refractivity contribution is 0.249. The summed E-state index contributed by atoms with van der Waals surface area (Å²) in [6, 6.07) is 15.9. The van der Waals surface area contributed by atoms with E-state index in [0.29, 0.717) is 17.5 Å². The number of carbonyl (C=O) groups excluding carboxylic acids is 1. The molecule has 1 heterocycles. The Hall–Kier alpha value is -2.04. The maximum Gasteiger partial charge on any atom is 0.319 e. The first-order chi connectivity index (χ1) is 12.6. The summed E-state index contributed by atoms with van der Waals surface area (Å²) in [7, 11) is 0. The van der Waals surface area contributed by atoms with Gasteiger partial charge in [0.15, 0.2) is 0 Å². The number of hydrogen-bond acceptors (Lipinski definition) is 2. The molecule has 0 aromatic heterocycles. The average molecular weight is 372 g/mol. The number of anilines is 1. The smallest absolute Gasteiger partial charge is 0.319 e. The first kappa shape index (κ1) is 18.7. The summed E-state index contributed by atoms with van der Waals surface area (Å²) in [5, 5.41) is 6.54. The quantitative estimate of drug-likeness (QED) is 0.793. The molecule has 5 heteroatoms. The zero-order valence-corrected chi connectivity index (χ0v) is 15.9. The molecule has 1 atom stereocenters. The monoisotopic (exact) mass is 371 g/mol. The van der Waals surface area contributed by atoms with Gasteiger partial charge in [0.2, 0.25) is 0 Å². The molecule has 26 heavy (non-hydrogen) atoms. The van der Waals surface area contributed by atoms with E-state index in [4.69, 9.17) is 11.6 Å². The Morgan fingerprint density at radius 2 is 2.00 bits per heavy atom. The van der Waals surface area contributed by atoms with Crippen LogP contribution in [0.4, 0.5) is 10.5 Å². The molecule has 1 saturated heterocycles. The summed E-state index contributed by atoms with van der Waals surface area (Å²) in [6.45, 7) is 5.83. The number of benzene rings is 2. The van der Waals surface area contributed by atoms with Crippen molar-refractivity contribution in [2.24, 2.45) is 5.92 Å². The number of rotatable bonds is 6. The van der Waals surface area contributed by atoms with Gasteiger partial charge in [-0.15, -0.1) is 0 Å². The van der Waals surface area contributed by atoms with Crippen LogP contribution in [0.15, 0.2) is 48.5 Å². The molecule has 1 aliphatic heterocycles. The van der Waals surface area contributed by atoms with Gasteiger partial charge in [0.25, 0.3) is 0 Å². The normalized spacial score (nSPS) is 17.2. The van der Waals surface area contributed by atoms with Crippen LogP contribution in [0.25, 0.3) is 0 Å². The van der Waals surface area contributed by atoms with Gasteiger partial charge >= 0.3 is 6.03 Å². The number of likely N-dealkylation sites (tertiary alicyclic amines) is 1. The highest BCUT2D eigenvalue weighted by molar-refractivity contribution is 6.31. The van der Waals surface area contributed by atoms with E-state index in [9.17, 15) is 4.79 Å². The molecule has 4 nitrogen and oxygen atoms in total. The molecule has 0 saturated carbocycles. The van der Waals surface area contributed by atoms with Gasteiger partial charge in [0.1, 0.15) is 0 Å². The van der Waals surface area contributed by atoms with Gasteiger partial charge in [0.05, 0.1) is 0 Å². The van der Waals surface area contributed by atoms with Crippen molar-refractivity contribution >= 4 is 23.3 Å². The van der Waals surface area contributed by atoms with E-state index < -0.39 is 0 Å². The molecular weight excluding hydrogens is 346 g/mol. The van der Waals surface area contributed by atoms with E-state index in [1.54, 1.807) is 0 Å². The van der Waals surface area contributed by atoms with Gasteiger partial charge in [-0.25, -0.2) is 4.79 Å². The number of carbonyl (C=O) groups is 1. The van der Waals surface area contributed by atoms with Gasteiger partial charge in [-0.1, -0.05) is 48.0 Å². The number of amides is 2. The summed E-state index contributed by atoms with van der Waals surface area (Å²) in [4.78, 5) is 14.6. The molecule has 0 unspecified atom stereocenters. The fourth-order valence-corrected chi connectivity index (χ4v) is 3.54. The molecule has 2 aromatic carbocycles. The Labute approximate surface area is 160 Å². The number of urea groups is 1. The van der Waals surface area contributed by atoms with Crippen LogP contribution in [0, 0.1) is 12.8 Å². The van der Waals surface area contributed by atoms with Crippen LogP contribution in [0.3, 0.4) is 0 Å². The lowest BCUT2D eigenvalue weighted by Crippen LogP contribution is -2.34. The summed E-state index contributed by atoms with van der Waals surface area (Å²) < 4.78 is 0. The van der Waals surface area contributed by atoms with Gasteiger partial charge in [-0.3, -0.25) is 0 Å². The van der Waals surface area contributed by atoms with Crippen LogP contribution in [0.2, 0.25) is 5.02 Å². The second-order valence-electron chi connectivity index (χ2n) is 6.94. The van der Waals surface area contributed by atoms with Gasteiger partial charge in [-0.2, -0.15) is 0 Å². The lowest BCUT2D eigenvalue weighted by Gasteiger charge is -2.16. The Morgan fingerprint density at radius 1 is 1.19 bits per heavy atom. The second kappa shape index (κ2) is 9.06. The van der Waals surface area contributed by atoms with Gasteiger partial charge in [-0.05, 0) is 55.5 Å². The number of halogens is 1. The van der Waals surface area contributed by atoms with Crippen molar-refractivity contribution in [1.29, 1.82) is 0 Å². The van der Waals surface area contributed by atoms with Crippen molar-refractivity contribution in [2.75, 3.05) is 31.5 Å². The Kier molecular flexibility index (Phi) is 6.53. The minimum atomic E-state index is -0.168. The Morgan fingerprint density at radius 3 is 2.81 bits per heavy atom. The Bertz CT molecular complexity index is 735. The molecule has 2 amide bonds. The average Bonchev–Trinajstić information content (AvgIpc) is 3.11.